The first-order valence-electron chi connectivity index (χ1n) is 3.60. The van der Waals surface area contributed by atoms with Crippen molar-refractivity contribution in [2.24, 2.45) is 0 Å². The summed E-state index contributed by atoms with van der Waals surface area (Å²) in [5.74, 6) is -0.732. The molecule has 60 valence electrons. The van der Waals surface area contributed by atoms with E-state index in [1.165, 1.54) is 0 Å². The van der Waals surface area contributed by atoms with E-state index in [1.54, 1.807) is 0 Å². The van der Waals surface area contributed by atoms with Crippen molar-refractivity contribution in [3.8, 4) is 0 Å². The lowest BCUT2D eigenvalue weighted by Gasteiger charge is -1.94. The smallest absolute Gasteiger partial charge is 0.303 e. The van der Waals surface area contributed by atoms with E-state index in [0.29, 0.717) is 0 Å². The van der Waals surface area contributed by atoms with Gasteiger partial charge in [-0.1, -0.05) is 12.8 Å². The largest absolute Gasteiger partial charge is 0.481 e. The summed E-state index contributed by atoms with van der Waals surface area (Å²) in [5.41, 5.74) is 0. The highest BCUT2D eigenvalue weighted by Gasteiger charge is 1.94. The second-order valence-electron chi connectivity index (χ2n) is 2.28. The van der Waals surface area contributed by atoms with Crippen LogP contribution in [0, 0.1) is 0 Å². The molecule has 0 bridgehead atoms. The maximum absolute atomic E-state index is 9.98. The molecule has 0 aliphatic carbocycles. The van der Waals surface area contributed by atoms with Gasteiger partial charge in [0.15, 0.2) is 0 Å². The Morgan fingerprint density at radius 2 is 1.70 bits per heavy atom. The third kappa shape index (κ3) is 7.43. The molecule has 0 rings (SSSR count). The van der Waals surface area contributed by atoms with E-state index < -0.39 is 5.97 Å². The van der Waals surface area contributed by atoms with Gasteiger partial charge >= 0.3 is 5.97 Å². The van der Waals surface area contributed by atoms with Gasteiger partial charge in [0, 0.05) is 13.0 Å². The van der Waals surface area contributed by atoms with Crippen LogP contribution < -0.4 is 0 Å². The fourth-order valence-corrected chi connectivity index (χ4v) is 0.742. The van der Waals surface area contributed by atoms with Crippen molar-refractivity contribution in [1.82, 2.24) is 0 Å². The van der Waals surface area contributed by atoms with Crippen molar-refractivity contribution in [3.05, 3.63) is 0 Å². The van der Waals surface area contributed by atoms with Crippen LogP contribution in [0.15, 0.2) is 0 Å². The van der Waals surface area contributed by atoms with Crippen LogP contribution in [0.1, 0.15) is 32.1 Å². The molecule has 0 aliphatic rings. The number of carbonyl (C=O) groups is 1. The molecular weight excluding hydrogens is 132 g/mol. The van der Waals surface area contributed by atoms with Crippen molar-refractivity contribution < 1.29 is 15.0 Å². The van der Waals surface area contributed by atoms with Crippen LogP contribution in [-0.4, -0.2) is 22.8 Å². The summed E-state index contributed by atoms with van der Waals surface area (Å²) in [5, 5.41) is 16.6. The van der Waals surface area contributed by atoms with Crippen molar-refractivity contribution in [2.75, 3.05) is 6.61 Å². The van der Waals surface area contributed by atoms with E-state index in [1.807, 2.05) is 0 Å². The molecular formula is C7H14O3. The quantitative estimate of drug-likeness (QED) is 0.550. The zero-order valence-corrected chi connectivity index (χ0v) is 6.05. The highest BCUT2D eigenvalue weighted by molar-refractivity contribution is 5.66. The van der Waals surface area contributed by atoms with Crippen LogP contribution in [0.2, 0.25) is 0 Å². The molecule has 0 spiro atoms. The average Bonchev–Trinajstić information content (AvgIpc) is 1.87. The first kappa shape index (κ1) is 9.43. The van der Waals surface area contributed by atoms with Gasteiger partial charge in [0.25, 0.3) is 0 Å². The lowest BCUT2D eigenvalue weighted by atomic mass is 10.1. The summed E-state index contributed by atoms with van der Waals surface area (Å²) in [7, 11) is 0. The number of aliphatic hydroxyl groups excluding tert-OH is 1. The van der Waals surface area contributed by atoms with E-state index >= 15 is 0 Å². The highest BCUT2D eigenvalue weighted by atomic mass is 16.4. The van der Waals surface area contributed by atoms with E-state index in [2.05, 4.69) is 0 Å². The second kappa shape index (κ2) is 6.55. The van der Waals surface area contributed by atoms with Crippen LogP contribution in [0.25, 0.3) is 0 Å². The molecule has 3 nitrogen and oxygen atoms in total. The van der Waals surface area contributed by atoms with Gasteiger partial charge in [0.1, 0.15) is 0 Å². The van der Waals surface area contributed by atoms with Crippen LogP contribution in [0.3, 0.4) is 0 Å². The number of rotatable bonds is 6. The Morgan fingerprint density at radius 1 is 1.10 bits per heavy atom. The summed E-state index contributed by atoms with van der Waals surface area (Å²) in [6.07, 6.45) is 3.62. The molecule has 0 heterocycles. The highest BCUT2D eigenvalue weighted by Crippen LogP contribution is 2.01. The number of unbranched alkanes of at least 4 members (excludes halogenated alkanes) is 3. The summed E-state index contributed by atoms with van der Waals surface area (Å²) in [6.45, 7) is 0.215. The lowest BCUT2D eigenvalue weighted by molar-refractivity contribution is -0.137. The van der Waals surface area contributed by atoms with E-state index in [9.17, 15) is 4.79 Å². The van der Waals surface area contributed by atoms with Gasteiger partial charge in [-0.3, -0.25) is 4.79 Å². The Kier molecular flexibility index (Phi) is 6.18. The van der Waals surface area contributed by atoms with Crippen LogP contribution >= 0.6 is 0 Å². The molecule has 0 fully saturated rings. The predicted octanol–water partition coefficient (Wildman–Crippen LogP) is 1.01. The Bertz CT molecular complexity index is 90.9. The number of aliphatic hydroxyl groups is 1. The van der Waals surface area contributed by atoms with Gasteiger partial charge in [-0.15, -0.1) is 0 Å². The maximum atomic E-state index is 9.98. The Labute approximate surface area is 60.7 Å². The summed E-state index contributed by atoms with van der Waals surface area (Å²) in [4.78, 5) is 9.98. The SMILES string of the molecule is O=C(O)CCCCCCO. The molecule has 2 N–H and O–H groups in total. The normalized spacial score (nSPS) is 9.70. The molecule has 0 amide bonds. The molecule has 0 aliphatic heterocycles. The predicted molar refractivity (Wildman–Crippen MR) is 37.8 cm³/mol. The molecule has 0 aromatic carbocycles. The minimum atomic E-state index is -0.732. The third-order valence-corrected chi connectivity index (χ3v) is 1.30. The molecule has 0 saturated carbocycles. The number of carboxylic acids is 1. The van der Waals surface area contributed by atoms with Crippen molar-refractivity contribution in [3.63, 3.8) is 0 Å². The molecule has 3 heteroatoms. The van der Waals surface area contributed by atoms with Crippen LogP contribution in [0.5, 0.6) is 0 Å². The van der Waals surface area contributed by atoms with Crippen molar-refractivity contribution in [2.45, 2.75) is 32.1 Å². The van der Waals surface area contributed by atoms with Crippen molar-refractivity contribution >= 4 is 5.97 Å². The average molecular weight is 146 g/mol. The first-order chi connectivity index (χ1) is 4.77. The summed E-state index contributed by atoms with van der Waals surface area (Å²) < 4.78 is 0. The Balaban J connectivity index is 2.84. The number of aliphatic carboxylic acids is 1. The third-order valence-electron chi connectivity index (χ3n) is 1.30. The fraction of sp³-hybridized carbons (Fsp3) is 0.857. The summed E-state index contributed by atoms with van der Waals surface area (Å²) in [6, 6.07) is 0. The zero-order valence-electron chi connectivity index (χ0n) is 6.05. The lowest BCUT2D eigenvalue weighted by Crippen LogP contribution is -1.93. The fourth-order valence-electron chi connectivity index (χ4n) is 0.742. The van der Waals surface area contributed by atoms with Gasteiger partial charge < -0.3 is 10.2 Å². The molecule has 0 saturated heterocycles. The summed E-state index contributed by atoms with van der Waals surface area (Å²) >= 11 is 0. The molecule has 10 heavy (non-hydrogen) atoms. The van der Waals surface area contributed by atoms with Gasteiger partial charge in [-0.25, -0.2) is 0 Å². The topological polar surface area (TPSA) is 57.5 Å². The van der Waals surface area contributed by atoms with E-state index in [-0.39, 0.29) is 13.0 Å². The van der Waals surface area contributed by atoms with Gasteiger partial charge in [-0.05, 0) is 12.8 Å². The molecule has 0 aromatic rings. The first-order valence-corrected chi connectivity index (χ1v) is 3.60. The monoisotopic (exact) mass is 146 g/mol. The zero-order chi connectivity index (χ0) is 7.82. The Hall–Kier alpha value is -0.570. The minimum Gasteiger partial charge on any atom is -0.481 e. The maximum Gasteiger partial charge on any atom is 0.303 e. The van der Waals surface area contributed by atoms with Gasteiger partial charge in [0.2, 0.25) is 0 Å². The molecule has 0 unspecified atom stereocenters. The van der Waals surface area contributed by atoms with Crippen LogP contribution in [-0.2, 0) is 4.79 Å². The van der Waals surface area contributed by atoms with Gasteiger partial charge in [-0.2, -0.15) is 0 Å². The Morgan fingerprint density at radius 3 is 2.20 bits per heavy atom. The molecule has 0 radical (unpaired) electrons. The second-order valence-corrected chi connectivity index (χ2v) is 2.28. The van der Waals surface area contributed by atoms with Crippen LogP contribution in [0.4, 0.5) is 0 Å². The van der Waals surface area contributed by atoms with Crippen molar-refractivity contribution in [1.29, 1.82) is 0 Å². The van der Waals surface area contributed by atoms with Gasteiger partial charge in [0.05, 0.1) is 0 Å². The number of hydrogen-bond acceptors (Lipinski definition) is 2. The molecule has 0 atom stereocenters. The number of carboxylic acid groups (broad SMARTS) is 1. The number of hydrogen-bond donors (Lipinski definition) is 2. The van der Waals surface area contributed by atoms with E-state index in [4.69, 9.17) is 10.2 Å². The van der Waals surface area contributed by atoms with E-state index in [0.717, 1.165) is 25.7 Å². The molecule has 0 aromatic heterocycles. The standard InChI is InChI=1S/C7H14O3/c8-6-4-2-1-3-5-7(9)10/h8H,1-6H2,(H,9,10). The minimum absolute atomic E-state index is 0.215.